The number of ether oxygens (including phenoxy) is 4. The zero-order valence-electron chi connectivity index (χ0n) is 13.8. The zero-order chi connectivity index (χ0) is 16.5. The molecule has 1 saturated heterocycles. The van der Waals surface area contributed by atoms with Crippen molar-refractivity contribution in [3.63, 3.8) is 0 Å². The molecule has 6 heteroatoms. The van der Waals surface area contributed by atoms with E-state index in [1.807, 2.05) is 13.0 Å². The molecule has 1 unspecified atom stereocenters. The van der Waals surface area contributed by atoms with Gasteiger partial charge in [-0.15, -0.1) is 0 Å². The minimum absolute atomic E-state index is 0.123. The number of carbonyl (C=O) groups excluding carboxylic acids is 1. The number of anilines is 1. The van der Waals surface area contributed by atoms with Crippen LogP contribution in [0, 0.1) is 0 Å². The number of hydrogen-bond donors (Lipinski definition) is 1. The molecule has 0 spiro atoms. The van der Waals surface area contributed by atoms with Crippen molar-refractivity contribution in [3.8, 4) is 5.75 Å². The predicted octanol–water partition coefficient (Wildman–Crippen LogP) is 2.83. The normalized spacial score (nSPS) is 17.6. The average molecular weight is 323 g/mol. The average Bonchev–Trinajstić information content (AvgIpc) is 2.60. The molecule has 1 atom stereocenters. The van der Waals surface area contributed by atoms with Gasteiger partial charge in [-0.3, -0.25) is 0 Å². The van der Waals surface area contributed by atoms with E-state index in [0.717, 1.165) is 38.1 Å². The second-order valence-electron chi connectivity index (χ2n) is 5.25. The number of methoxy groups -OCH3 is 1. The van der Waals surface area contributed by atoms with Gasteiger partial charge in [-0.1, -0.05) is 0 Å². The maximum Gasteiger partial charge on any atom is 0.337 e. The first-order chi connectivity index (χ1) is 11.2. The second kappa shape index (κ2) is 9.37. The molecule has 1 aliphatic rings. The van der Waals surface area contributed by atoms with E-state index in [1.54, 1.807) is 12.1 Å². The van der Waals surface area contributed by atoms with Crippen molar-refractivity contribution in [1.29, 1.82) is 0 Å². The fourth-order valence-corrected chi connectivity index (χ4v) is 2.40. The van der Waals surface area contributed by atoms with Gasteiger partial charge in [-0.2, -0.15) is 0 Å². The zero-order valence-corrected chi connectivity index (χ0v) is 13.8. The van der Waals surface area contributed by atoms with Crippen LogP contribution in [0.2, 0.25) is 0 Å². The molecular weight excluding hydrogens is 298 g/mol. The Kier molecular flexibility index (Phi) is 7.16. The Labute approximate surface area is 137 Å². The van der Waals surface area contributed by atoms with E-state index in [0.29, 0.717) is 24.5 Å². The van der Waals surface area contributed by atoms with Crippen molar-refractivity contribution >= 4 is 11.7 Å². The highest BCUT2D eigenvalue weighted by Crippen LogP contribution is 2.26. The maximum absolute atomic E-state index is 11.6. The number of rotatable bonds is 8. The predicted molar refractivity (Wildman–Crippen MR) is 87.0 cm³/mol. The van der Waals surface area contributed by atoms with Gasteiger partial charge >= 0.3 is 5.97 Å². The lowest BCUT2D eigenvalue weighted by atomic mass is 10.2. The summed E-state index contributed by atoms with van der Waals surface area (Å²) in [7, 11) is 1.36. The van der Waals surface area contributed by atoms with Gasteiger partial charge in [0, 0.05) is 13.2 Å². The summed E-state index contributed by atoms with van der Waals surface area (Å²) in [6.07, 6.45) is 3.04. The number of esters is 1. The summed E-state index contributed by atoms with van der Waals surface area (Å²) in [6, 6.07) is 5.21. The Bertz CT molecular complexity index is 500. The topological polar surface area (TPSA) is 66.0 Å². The first-order valence-corrected chi connectivity index (χ1v) is 8.06. The van der Waals surface area contributed by atoms with Gasteiger partial charge in [-0.25, -0.2) is 4.79 Å². The van der Waals surface area contributed by atoms with Crippen molar-refractivity contribution < 1.29 is 23.7 Å². The summed E-state index contributed by atoms with van der Waals surface area (Å²) in [5, 5.41) is 3.21. The van der Waals surface area contributed by atoms with Crippen molar-refractivity contribution in [2.45, 2.75) is 32.5 Å². The van der Waals surface area contributed by atoms with Crippen LogP contribution in [0.5, 0.6) is 5.75 Å². The number of benzene rings is 1. The molecule has 1 N–H and O–H groups in total. The van der Waals surface area contributed by atoms with Crippen LogP contribution in [-0.4, -0.2) is 45.7 Å². The van der Waals surface area contributed by atoms with Crippen LogP contribution in [0.1, 0.15) is 36.5 Å². The minimum atomic E-state index is -0.384. The Balaban J connectivity index is 1.89. The number of hydrogen-bond acceptors (Lipinski definition) is 6. The van der Waals surface area contributed by atoms with Crippen molar-refractivity contribution in [1.82, 2.24) is 0 Å². The molecule has 23 heavy (non-hydrogen) atoms. The van der Waals surface area contributed by atoms with Crippen LogP contribution in [0.15, 0.2) is 18.2 Å². The lowest BCUT2D eigenvalue weighted by Crippen LogP contribution is -2.24. The quantitative estimate of drug-likeness (QED) is 0.586. The van der Waals surface area contributed by atoms with Gasteiger partial charge < -0.3 is 24.3 Å². The molecule has 6 nitrogen and oxygen atoms in total. The van der Waals surface area contributed by atoms with Gasteiger partial charge in [-0.05, 0) is 44.4 Å². The molecule has 0 aromatic heterocycles. The molecular formula is C17H25NO5. The first kappa shape index (κ1) is 17.6. The van der Waals surface area contributed by atoms with Crippen LogP contribution in [-0.2, 0) is 14.2 Å². The van der Waals surface area contributed by atoms with Gasteiger partial charge in [0.25, 0.3) is 0 Å². The molecule has 1 heterocycles. The van der Waals surface area contributed by atoms with Crippen LogP contribution in [0.4, 0.5) is 5.69 Å². The summed E-state index contributed by atoms with van der Waals surface area (Å²) in [6.45, 7) is 4.36. The SMILES string of the molecule is CCNc1ccc(C(=O)OC)cc1OCCOC1CCCCO1. The van der Waals surface area contributed by atoms with Crippen LogP contribution in [0.3, 0.4) is 0 Å². The van der Waals surface area contributed by atoms with Gasteiger partial charge in [0.15, 0.2) is 6.29 Å². The van der Waals surface area contributed by atoms with Crippen molar-refractivity contribution in [2.24, 2.45) is 0 Å². The van der Waals surface area contributed by atoms with E-state index >= 15 is 0 Å². The first-order valence-electron chi connectivity index (χ1n) is 8.06. The largest absolute Gasteiger partial charge is 0.489 e. The molecule has 1 aromatic carbocycles. The number of carbonyl (C=O) groups is 1. The van der Waals surface area contributed by atoms with E-state index in [1.165, 1.54) is 7.11 Å². The molecule has 2 rings (SSSR count). The van der Waals surface area contributed by atoms with Crippen LogP contribution >= 0.6 is 0 Å². The Morgan fingerprint density at radius 2 is 2.22 bits per heavy atom. The van der Waals surface area contributed by atoms with Crippen LogP contribution < -0.4 is 10.1 Å². The smallest absolute Gasteiger partial charge is 0.337 e. The highest BCUT2D eigenvalue weighted by atomic mass is 16.7. The Morgan fingerprint density at radius 1 is 1.35 bits per heavy atom. The van der Waals surface area contributed by atoms with E-state index < -0.39 is 0 Å². The van der Waals surface area contributed by atoms with Crippen molar-refractivity contribution in [3.05, 3.63) is 23.8 Å². The summed E-state index contributed by atoms with van der Waals surface area (Å²) in [5.74, 6) is 0.229. The molecule has 1 fully saturated rings. The lowest BCUT2D eigenvalue weighted by Gasteiger charge is -2.22. The standard InChI is InChI=1S/C17H25NO5/c1-3-18-14-8-7-13(17(19)20-2)12-15(14)21-10-11-23-16-6-4-5-9-22-16/h7-8,12,16,18H,3-6,9-11H2,1-2H3. The van der Waals surface area contributed by atoms with E-state index in [-0.39, 0.29) is 12.3 Å². The molecule has 0 aliphatic carbocycles. The molecule has 0 bridgehead atoms. The van der Waals surface area contributed by atoms with E-state index in [4.69, 9.17) is 18.9 Å². The Morgan fingerprint density at radius 3 is 2.91 bits per heavy atom. The van der Waals surface area contributed by atoms with Crippen LogP contribution in [0.25, 0.3) is 0 Å². The summed E-state index contributed by atoms with van der Waals surface area (Å²) in [5.41, 5.74) is 1.30. The summed E-state index contributed by atoms with van der Waals surface area (Å²) >= 11 is 0. The fraction of sp³-hybridized carbons (Fsp3) is 0.588. The third-order valence-corrected chi connectivity index (χ3v) is 3.55. The fourth-order valence-electron chi connectivity index (χ4n) is 2.40. The summed E-state index contributed by atoms with van der Waals surface area (Å²) < 4.78 is 21.7. The van der Waals surface area contributed by atoms with Gasteiger partial charge in [0.05, 0.1) is 25.0 Å². The van der Waals surface area contributed by atoms with Gasteiger partial charge in [0.2, 0.25) is 0 Å². The molecule has 1 aliphatic heterocycles. The third-order valence-electron chi connectivity index (χ3n) is 3.55. The molecule has 0 saturated carbocycles. The highest BCUT2D eigenvalue weighted by Gasteiger charge is 2.14. The van der Waals surface area contributed by atoms with E-state index in [2.05, 4.69) is 5.32 Å². The van der Waals surface area contributed by atoms with Crippen molar-refractivity contribution in [2.75, 3.05) is 38.8 Å². The molecule has 0 amide bonds. The maximum atomic E-state index is 11.6. The van der Waals surface area contributed by atoms with Gasteiger partial charge in [0.1, 0.15) is 12.4 Å². The molecule has 1 aromatic rings. The summed E-state index contributed by atoms with van der Waals surface area (Å²) in [4.78, 5) is 11.6. The van der Waals surface area contributed by atoms with E-state index in [9.17, 15) is 4.79 Å². The second-order valence-corrected chi connectivity index (χ2v) is 5.25. The lowest BCUT2D eigenvalue weighted by molar-refractivity contribution is -0.165. The molecule has 0 radical (unpaired) electrons. The minimum Gasteiger partial charge on any atom is -0.489 e. The highest BCUT2D eigenvalue weighted by molar-refractivity contribution is 5.90. The third kappa shape index (κ3) is 5.41. The monoisotopic (exact) mass is 323 g/mol. The molecule has 128 valence electrons. The number of nitrogens with one attached hydrogen (secondary N) is 1. The Hall–Kier alpha value is -1.79.